The Labute approximate surface area is 93.8 Å². The van der Waals surface area contributed by atoms with Gasteiger partial charge in [0, 0.05) is 0 Å². The third kappa shape index (κ3) is 7.77. The quantitative estimate of drug-likeness (QED) is 0.416. The van der Waals surface area contributed by atoms with Gasteiger partial charge in [0.05, 0.1) is 12.4 Å². The predicted octanol–water partition coefficient (Wildman–Crippen LogP) is 4.15. The Morgan fingerprint density at radius 1 is 1.40 bits per heavy atom. The molecule has 15 heavy (non-hydrogen) atoms. The van der Waals surface area contributed by atoms with Crippen LogP contribution in [0.5, 0.6) is 0 Å². The van der Waals surface area contributed by atoms with Crippen molar-refractivity contribution in [2.45, 2.75) is 40.4 Å². The first-order valence-corrected chi connectivity index (χ1v) is 10.1. The number of allylic oxidation sites excluding steroid dienone is 1. The van der Waals surface area contributed by atoms with Crippen LogP contribution in [0.3, 0.4) is 0 Å². The van der Waals surface area contributed by atoms with Crippen molar-refractivity contribution in [1.82, 2.24) is 0 Å². The van der Waals surface area contributed by atoms with E-state index in [0.29, 0.717) is 6.61 Å². The zero-order valence-corrected chi connectivity index (χ0v) is 12.4. The fraction of sp³-hybridized carbons (Fsp3) is 0.700. The normalized spacial score (nSPS) is 15.3. The standard InChI is InChI=1S/C10H21O3PSi/c1-7-12-14(11,9-8-10(2)3)13-15(4,5)6/h9H,7H2,1-6H3. The van der Waals surface area contributed by atoms with Gasteiger partial charge in [-0.3, -0.25) is 4.57 Å². The molecule has 0 aliphatic rings. The van der Waals surface area contributed by atoms with Crippen molar-refractivity contribution >= 4 is 15.9 Å². The Balaban J connectivity index is 4.92. The second-order valence-electron chi connectivity index (χ2n) is 4.43. The zero-order valence-electron chi connectivity index (χ0n) is 10.5. The maximum absolute atomic E-state index is 12.2. The number of hydrogen-bond acceptors (Lipinski definition) is 3. The van der Waals surface area contributed by atoms with Crippen molar-refractivity contribution in [2.75, 3.05) is 6.61 Å². The topological polar surface area (TPSA) is 35.5 Å². The molecule has 5 heteroatoms. The smallest absolute Gasteiger partial charge is 0.348 e. The third-order valence-electron chi connectivity index (χ3n) is 1.22. The molecule has 0 fully saturated rings. The molecule has 0 aromatic heterocycles. The van der Waals surface area contributed by atoms with Crippen LogP contribution in [-0.2, 0) is 13.3 Å². The second-order valence-corrected chi connectivity index (χ2v) is 11.0. The van der Waals surface area contributed by atoms with E-state index in [2.05, 4.69) is 5.73 Å². The third-order valence-corrected chi connectivity index (χ3v) is 5.49. The minimum atomic E-state index is -3.09. The number of rotatable bonds is 5. The van der Waals surface area contributed by atoms with E-state index in [-0.39, 0.29) is 0 Å². The summed E-state index contributed by atoms with van der Waals surface area (Å²) in [4.78, 5) is 0. The first-order chi connectivity index (χ1) is 6.68. The van der Waals surface area contributed by atoms with Crippen LogP contribution in [0.2, 0.25) is 19.6 Å². The van der Waals surface area contributed by atoms with Crippen molar-refractivity contribution in [3.63, 3.8) is 0 Å². The molecule has 0 aliphatic heterocycles. The molecule has 0 aliphatic carbocycles. The average Bonchev–Trinajstić information content (AvgIpc) is 1.98. The van der Waals surface area contributed by atoms with Crippen LogP contribution in [-0.4, -0.2) is 14.9 Å². The van der Waals surface area contributed by atoms with Gasteiger partial charge in [-0.25, -0.2) is 0 Å². The zero-order chi connectivity index (χ0) is 12.1. The van der Waals surface area contributed by atoms with Gasteiger partial charge in [0.15, 0.2) is 8.32 Å². The summed E-state index contributed by atoms with van der Waals surface area (Å²) in [5.74, 6) is 1.43. The van der Waals surface area contributed by atoms with Crippen LogP contribution in [0.15, 0.2) is 17.1 Å². The first-order valence-electron chi connectivity index (χ1n) is 5.04. The monoisotopic (exact) mass is 248 g/mol. The summed E-state index contributed by atoms with van der Waals surface area (Å²) in [6.45, 7) is 11.9. The van der Waals surface area contributed by atoms with Crippen molar-refractivity contribution in [2.24, 2.45) is 0 Å². The molecule has 0 saturated heterocycles. The van der Waals surface area contributed by atoms with Gasteiger partial charge in [-0.15, -0.1) is 5.73 Å². The molecule has 0 aromatic rings. The Morgan fingerprint density at radius 2 is 1.93 bits per heavy atom. The predicted molar refractivity (Wildman–Crippen MR) is 66.6 cm³/mol. The molecule has 88 valence electrons. The van der Waals surface area contributed by atoms with Gasteiger partial charge >= 0.3 is 7.60 Å². The molecule has 0 spiro atoms. The first kappa shape index (κ1) is 14.9. The van der Waals surface area contributed by atoms with E-state index in [1.54, 1.807) is 6.92 Å². The van der Waals surface area contributed by atoms with Gasteiger partial charge in [0.25, 0.3) is 0 Å². The molecule has 0 bridgehead atoms. The van der Waals surface area contributed by atoms with Crippen molar-refractivity contribution in [3.8, 4) is 0 Å². The molecule has 0 N–H and O–H groups in total. The molecular formula is C10H21O3PSi. The van der Waals surface area contributed by atoms with E-state index >= 15 is 0 Å². The maximum Gasteiger partial charge on any atom is 0.352 e. The lowest BCUT2D eigenvalue weighted by molar-refractivity contribution is 0.287. The molecular weight excluding hydrogens is 227 g/mol. The highest BCUT2D eigenvalue weighted by Gasteiger charge is 2.29. The molecule has 0 aromatic carbocycles. The summed E-state index contributed by atoms with van der Waals surface area (Å²) in [6, 6.07) is 0. The molecule has 0 amide bonds. The van der Waals surface area contributed by atoms with Crippen molar-refractivity contribution in [3.05, 3.63) is 17.1 Å². The minimum Gasteiger partial charge on any atom is -0.348 e. The summed E-state index contributed by atoms with van der Waals surface area (Å²) in [5, 5.41) is 0. The molecule has 1 unspecified atom stereocenters. The molecule has 1 atom stereocenters. The lowest BCUT2D eigenvalue weighted by Gasteiger charge is -2.22. The van der Waals surface area contributed by atoms with Crippen molar-refractivity contribution < 1.29 is 13.3 Å². The SMILES string of the molecule is CCOP(=O)(C=C=C(C)C)O[Si](C)(C)C. The van der Waals surface area contributed by atoms with E-state index in [9.17, 15) is 4.57 Å². The molecule has 3 nitrogen and oxygen atoms in total. The van der Waals surface area contributed by atoms with Gasteiger partial charge in [-0.2, -0.15) is 0 Å². The number of hydrogen-bond donors (Lipinski definition) is 0. The lowest BCUT2D eigenvalue weighted by atomic mass is 10.4. The van der Waals surface area contributed by atoms with E-state index < -0.39 is 15.9 Å². The van der Waals surface area contributed by atoms with Crippen LogP contribution in [0.1, 0.15) is 20.8 Å². The summed E-state index contributed by atoms with van der Waals surface area (Å²) in [5.41, 5.74) is 3.85. The van der Waals surface area contributed by atoms with Crippen LogP contribution >= 0.6 is 7.60 Å². The van der Waals surface area contributed by atoms with E-state index in [1.165, 1.54) is 5.82 Å². The Hall–Kier alpha value is -0.113. The highest BCUT2D eigenvalue weighted by molar-refractivity contribution is 7.58. The largest absolute Gasteiger partial charge is 0.352 e. The Kier molecular flexibility index (Phi) is 5.79. The molecule has 0 rings (SSSR count). The summed E-state index contributed by atoms with van der Waals surface area (Å²) >= 11 is 0. The summed E-state index contributed by atoms with van der Waals surface area (Å²) < 4.78 is 22.9. The van der Waals surface area contributed by atoms with Crippen LogP contribution in [0.25, 0.3) is 0 Å². The van der Waals surface area contributed by atoms with E-state index in [4.69, 9.17) is 8.74 Å². The summed E-state index contributed by atoms with van der Waals surface area (Å²) in [7, 11) is -4.96. The fourth-order valence-corrected chi connectivity index (χ4v) is 5.19. The van der Waals surface area contributed by atoms with Gasteiger partial charge in [-0.05, 0) is 46.0 Å². The Bertz CT molecular complexity index is 307. The van der Waals surface area contributed by atoms with Crippen LogP contribution in [0, 0.1) is 0 Å². The fourth-order valence-electron chi connectivity index (χ4n) is 0.860. The molecule has 0 saturated carbocycles. The van der Waals surface area contributed by atoms with Crippen LogP contribution in [0.4, 0.5) is 0 Å². The maximum atomic E-state index is 12.2. The highest BCUT2D eigenvalue weighted by atomic mass is 31.2. The van der Waals surface area contributed by atoms with Gasteiger partial charge < -0.3 is 8.74 Å². The lowest BCUT2D eigenvalue weighted by Crippen LogP contribution is -2.23. The highest BCUT2D eigenvalue weighted by Crippen LogP contribution is 2.51. The van der Waals surface area contributed by atoms with Crippen LogP contribution < -0.4 is 0 Å². The summed E-state index contributed by atoms with van der Waals surface area (Å²) in [6.07, 6.45) is 0. The molecule has 0 radical (unpaired) electrons. The van der Waals surface area contributed by atoms with Gasteiger partial charge in [0.1, 0.15) is 0 Å². The van der Waals surface area contributed by atoms with Gasteiger partial charge in [0.2, 0.25) is 0 Å². The second kappa shape index (κ2) is 5.83. The van der Waals surface area contributed by atoms with Crippen molar-refractivity contribution in [1.29, 1.82) is 0 Å². The van der Waals surface area contributed by atoms with E-state index in [0.717, 1.165) is 5.57 Å². The van der Waals surface area contributed by atoms with Gasteiger partial charge in [-0.1, -0.05) is 0 Å². The Morgan fingerprint density at radius 3 is 2.27 bits per heavy atom. The minimum absolute atomic E-state index is 0.378. The average molecular weight is 248 g/mol. The van der Waals surface area contributed by atoms with E-state index in [1.807, 2.05) is 33.5 Å². The molecule has 0 heterocycles.